The molecule has 0 radical (unpaired) electrons. The summed E-state index contributed by atoms with van der Waals surface area (Å²) >= 11 is 0. The second-order valence-electron chi connectivity index (χ2n) is 4.23. The molecule has 3 N–H and O–H groups in total. The predicted molar refractivity (Wildman–Crippen MR) is 75.1 cm³/mol. The van der Waals surface area contributed by atoms with Gasteiger partial charge in [-0.25, -0.2) is 0 Å². The van der Waals surface area contributed by atoms with Crippen LogP contribution in [0.25, 0.3) is 0 Å². The Morgan fingerprint density at radius 3 is 2.42 bits per heavy atom. The summed E-state index contributed by atoms with van der Waals surface area (Å²) in [7, 11) is 0. The highest BCUT2D eigenvalue weighted by atomic mass is 16.3. The highest BCUT2D eigenvalue weighted by Crippen LogP contribution is 2.34. The van der Waals surface area contributed by atoms with Gasteiger partial charge >= 0.3 is 0 Å². The zero-order valence-corrected chi connectivity index (χ0v) is 10.4. The predicted octanol–water partition coefficient (Wildman–Crippen LogP) is 2.81. The molecule has 0 heterocycles. The number of allylic oxidation sites excluding steroid dienone is 1. The van der Waals surface area contributed by atoms with Crippen molar-refractivity contribution in [3.8, 4) is 5.75 Å². The van der Waals surface area contributed by atoms with Gasteiger partial charge < -0.3 is 10.8 Å². The summed E-state index contributed by atoms with van der Waals surface area (Å²) in [6.45, 7) is 3.80. The van der Waals surface area contributed by atoms with Gasteiger partial charge in [-0.1, -0.05) is 48.5 Å². The summed E-state index contributed by atoms with van der Waals surface area (Å²) in [6.07, 6.45) is 1.73. The van der Waals surface area contributed by atoms with Crippen LogP contribution in [0, 0.1) is 0 Å². The number of para-hydroxylation sites is 1. The van der Waals surface area contributed by atoms with Crippen molar-refractivity contribution in [2.24, 2.45) is 5.73 Å². The van der Waals surface area contributed by atoms with Gasteiger partial charge in [0.05, 0.1) is 5.56 Å². The number of carbonyl (C=O) groups is 1. The lowest BCUT2D eigenvalue weighted by Crippen LogP contribution is -2.12. The standard InChI is InChI=1S/C16H15NO2/c1-2-12(11-7-4-3-5-8-11)13-9-6-10-14(15(13)18)16(17)19/h2-10,12,18H,1H2,(H2,17,19). The zero-order chi connectivity index (χ0) is 13.8. The Labute approximate surface area is 112 Å². The Morgan fingerprint density at radius 1 is 1.16 bits per heavy atom. The van der Waals surface area contributed by atoms with E-state index in [0.717, 1.165) is 5.56 Å². The molecule has 0 aromatic heterocycles. The molecular weight excluding hydrogens is 238 g/mol. The number of nitrogens with two attached hydrogens (primary N) is 1. The first-order valence-corrected chi connectivity index (χ1v) is 5.94. The van der Waals surface area contributed by atoms with Crippen LogP contribution in [0.15, 0.2) is 61.2 Å². The van der Waals surface area contributed by atoms with E-state index in [-0.39, 0.29) is 17.2 Å². The van der Waals surface area contributed by atoms with Crippen molar-refractivity contribution < 1.29 is 9.90 Å². The van der Waals surface area contributed by atoms with Crippen molar-refractivity contribution >= 4 is 5.91 Å². The molecule has 3 heteroatoms. The SMILES string of the molecule is C=CC(c1ccccc1)c1cccc(C(N)=O)c1O. The number of phenols is 1. The highest BCUT2D eigenvalue weighted by molar-refractivity contribution is 5.96. The van der Waals surface area contributed by atoms with Crippen LogP contribution in [-0.2, 0) is 0 Å². The first kappa shape index (κ1) is 12.9. The number of carbonyl (C=O) groups excluding carboxylic acids is 1. The number of hydrogen-bond donors (Lipinski definition) is 2. The van der Waals surface area contributed by atoms with Crippen LogP contribution < -0.4 is 5.73 Å². The van der Waals surface area contributed by atoms with Crippen LogP contribution in [0.5, 0.6) is 5.75 Å². The van der Waals surface area contributed by atoms with Crippen LogP contribution in [0.1, 0.15) is 27.4 Å². The smallest absolute Gasteiger partial charge is 0.252 e. The fourth-order valence-corrected chi connectivity index (χ4v) is 2.11. The van der Waals surface area contributed by atoms with Gasteiger partial charge in [0.1, 0.15) is 5.75 Å². The minimum Gasteiger partial charge on any atom is -0.507 e. The van der Waals surface area contributed by atoms with E-state index in [2.05, 4.69) is 6.58 Å². The second kappa shape index (κ2) is 5.40. The van der Waals surface area contributed by atoms with E-state index in [4.69, 9.17) is 5.73 Å². The van der Waals surface area contributed by atoms with Gasteiger partial charge in [-0.2, -0.15) is 0 Å². The molecule has 2 rings (SSSR count). The number of benzene rings is 2. The largest absolute Gasteiger partial charge is 0.507 e. The van der Waals surface area contributed by atoms with Gasteiger partial charge in [0.25, 0.3) is 5.91 Å². The Kier molecular flexibility index (Phi) is 3.66. The Balaban J connectivity index is 2.54. The number of rotatable bonds is 4. The number of primary amides is 1. The fraction of sp³-hybridized carbons (Fsp3) is 0.0625. The average molecular weight is 253 g/mol. The van der Waals surface area contributed by atoms with Crippen molar-refractivity contribution in [3.05, 3.63) is 77.9 Å². The minimum atomic E-state index is -0.643. The lowest BCUT2D eigenvalue weighted by atomic mass is 9.89. The molecule has 0 bridgehead atoms. The summed E-state index contributed by atoms with van der Waals surface area (Å²) in [4.78, 5) is 11.3. The molecule has 1 atom stereocenters. The van der Waals surface area contributed by atoms with Gasteiger partial charge in [-0.05, 0) is 11.6 Å². The number of amides is 1. The van der Waals surface area contributed by atoms with Crippen LogP contribution in [-0.4, -0.2) is 11.0 Å². The van der Waals surface area contributed by atoms with Crippen LogP contribution in [0.3, 0.4) is 0 Å². The molecule has 2 aromatic rings. The molecule has 0 fully saturated rings. The van der Waals surface area contributed by atoms with Crippen molar-refractivity contribution in [1.82, 2.24) is 0 Å². The summed E-state index contributed by atoms with van der Waals surface area (Å²) < 4.78 is 0. The lowest BCUT2D eigenvalue weighted by molar-refractivity contribution is 0.0997. The van der Waals surface area contributed by atoms with Crippen molar-refractivity contribution in [2.45, 2.75) is 5.92 Å². The fourth-order valence-electron chi connectivity index (χ4n) is 2.11. The first-order valence-electron chi connectivity index (χ1n) is 5.94. The second-order valence-corrected chi connectivity index (χ2v) is 4.23. The maximum Gasteiger partial charge on any atom is 0.252 e. The molecular formula is C16H15NO2. The minimum absolute atomic E-state index is 0.0799. The van der Waals surface area contributed by atoms with E-state index in [9.17, 15) is 9.90 Å². The van der Waals surface area contributed by atoms with Crippen LogP contribution >= 0.6 is 0 Å². The molecule has 1 amide bonds. The Hall–Kier alpha value is -2.55. The molecule has 0 aliphatic heterocycles. The zero-order valence-electron chi connectivity index (χ0n) is 10.4. The molecule has 19 heavy (non-hydrogen) atoms. The van der Waals surface area contributed by atoms with Gasteiger partial charge in [-0.3, -0.25) is 4.79 Å². The molecule has 0 saturated heterocycles. The summed E-state index contributed by atoms with van der Waals surface area (Å²) in [5, 5.41) is 10.2. The third-order valence-corrected chi connectivity index (χ3v) is 3.06. The van der Waals surface area contributed by atoms with Gasteiger partial charge in [0.2, 0.25) is 0 Å². The monoisotopic (exact) mass is 253 g/mol. The Morgan fingerprint density at radius 2 is 1.84 bits per heavy atom. The molecule has 0 saturated carbocycles. The molecule has 0 aliphatic carbocycles. The average Bonchev–Trinajstić information content (AvgIpc) is 2.42. The maximum atomic E-state index is 11.3. The van der Waals surface area contributed by atoms with Crippen molar-refractivity contribution in [1.29, 1.82) is 0 Å². The van der Waals surface area contributed by atoms with E-state index in [0.29, 0.717) is 5.56 Å². The van der Waals surface area contributed by atoms with Gasteiger partial charge in [0.15, 0.2) is 0 Å². The molecule has 0 spiro atoms. The van der Waals surface area contributed by atoms with Crippen molar-refractivity contribution in [3.63, 3.8) is 0 Å². The molecule has 96 valence electrons. The van der Waals surface area contributed by atoms with Gasteiger partial charge in [-0.15, -0.1) is 6.58 Å². The third kappa shape index (κ3) is 2.50. The Bertz CT molecular complexity index is 605. The van der Waals surface area contributed by atoms with E-state index in [1.54, 1.807) is 18.2 Å². The highest BCUT2D eigenvalue weighted by Gasteiger charge is 2.18. The summed E-state index contributed by atoms with van der Waals surface area (Å²) in [6, 6.07) is 14.6. The molecule has 1 unspecified atom stereocenters. The number of aromatic hydroxyl groups is 1. The van der Waals surface area contributed by atoms with Crippen LogP contribution in [0.4, 0.5) is 0 Å². The molecule has 2 aromatic carbocycles. The topological polar surface area (TPSA) is 63.3 Å². The summed E-state index contributed by atoms with van der Waals surface area (Å²) in [5.41, 5.74) is 6.98. The van der Waals surface area contributed by atoms with Gasteiger partial charge in [0, 0.05) is 11.5 Å². The number of hydrogen-bond acceptors (Lipinski definition) is 2. The van der Waals surface area contributed by atoms with E-state index < -0.39 is 5.91 Å². The normalized spacial score (nSPS) is 11.8. The quantitative estimate of drug-likeness (QED) is 0.823. The molecule has 0 aliphatic rings. The van der Waals surface area contributed by atoms with E-state index >= 15 is 0 Å². The molecule has 3 nitrogen and oxygen atoms in total. The third-order valence-electron chi connectivity index (χ3n) is 3.06. The van der Waals surface area contributed by atoms with Crippen molar-refractivity contribution in [2.75, 3.05) is 0 Å². The maximum absolute atomic E-state index is 11.3. The first-order chi connectivity index (χ1) is 9.15. The summed E-state index contributed by atoms with van der Waals surface area (Å²) in [5.74, 6) is -0.903. The van der Waals surface area contributed by atoms with Crippen LogP contribution in [0.2, 0.25) is 0 Å². The van der Waals surface area contributed by atoms with E-state index in [1.165, 1.54) is 6.07 Å². The lowest BCUT2D eigenvalue weighted by Gasteiger charge is -2.16. The van der Waals surface area contributed by atoms with E-state index in [1.807, 2.05) is 30.3 Å².